The summed E-state index contributed by atoms with van der Waals surface area (Å²) in [6.07, 6.45) is 0. The predicted octanol–water partition coefficient (Wildman–Crippen LogP) is 5.33. The van der Waals surface area contributed by atoms with Crippen molar-refractivity contribution in [3.8, 4) is 23.0 Å². The highest BCUT2D eigenvalue weighted by Crippen LogP contribution is 2.28. The third kappa shape index (κ3) is 4.52. The van der Waals surface area contributed by atoms with E-state index in [2.05, 4.69) is 4.98 Å². The molecule has 152 valence electrons. The van der Waals surface area contributed by atoms with Gasteiger partial charge in [-0.1, -0.05) is 23.7 Å². The third-order valence-corrected chi connectivity index (χ3v) is 4.42. The van der Waals surface area contributed by atoms with Gasteiger partial charge in [0.05, 0.1) is 0 Å². The van der Waals surface area contributed by atoms with Gasteiger partial charge in [-0.25, -0.2) is 14.2 Å². The van der Waals surface area contributed by atoms with Crippen LogP contribution in [0.2, 0.25) is 5.02 Å². The minimum Gasteiger partial charge on any atom is -0.489 e. The van der Waals surface area contributed by atoms with Crippen LogP contribution in [0.15, 0.2) is 65.1 Å². The Morgan fingerprint density at radius 2 is 1.97 bits per heavy atom. The number of fused-ring (bicyclic) bond motifs is 1. The molecule has 0 bridgehead atoms. The highest BCUT2D eigenvalue weighted by molar-refractivity contribution is 6.31. The minimum absolute atomic E-state index is 0.114. The number of rotatable bonds is 7. The lowest BCUT2D eigenvalue weighted by Crippen LogP contribution is -2.10. The van der Waals surface area contributed by atoms with E-state index in [0.29, 0.717) is 33.3 Å². The zero-order valence-electron chi connectivity index (χ0n) is 15.5. The van der Waals surface area contributed by atoms with E-state index in [0.717, 1.165) is 5.56 Å². The minimum atomic E-state index is -1.18. The quantitative estimate of drug-likeness (QED) is 0.429. The first-order chi connectivity index (χ1) is 14.5. The molecule has 0 aliphatic heterocycles. The first-order valence-electron chi connectivity index (χ1n) is 8.90. The van der Waals surface area contributed by atoms with Crippen molar-refractivity contribution in [1.82, 2.24) is 4.98 Å². The standard InChI is InChI=1S/C22H15ClFNO5/c23-15-5-7-20-18(10-15)25-22(30-20)14-2-1-3-16(9-14)28-11-13-4-6-19(17(24)8-13)29-12-21(26)27/h1-10H,11-12H2,(H,26,27). The Balaban J connectivity index is 1.46. The molecule has 6 nitrogen and oxygen atoms in total. The predicted molar refractivity (Wildman–Crippen MR) is 108 cm³/mol. The number of halogens is 2. The molecule has 4 aromatic rings. The van der Waals surface area contributed by atoms with Crippen molar-refractivity contribution < 1.29 is 28.2 Å². The smallest absolute Gasteiger partial charge is 0.341 e. The number of carboxylic acids is 1. The van der Waals surface area contributed by atoms with Gasteiger partial charge in [0.2, 0.25) is 5.89 Å². The number of hydrogen-bond acceptors (Lipinski definition) is 5. The lowest BCUT2D eigenvalue weighted by molar-refractivity contribution is -0.139. The molecule has 0 aliphatic carbocycles. The number of oxazole rings is 1. The highest BCUT2D eigenvalue weighted by atomic mass is 35.5. The van der Waals surface area contributed by atoms with Crippen LogP contribution < -0.4 is 9.47 Å². The Bertz CT molecular complexity index is 1220. The van der Waals surface area contributed by atoms with Crippen molar-refractivity contribution in [1.29, 1.82) is 0 Å². The number of hydrogen-bond donors (Lipinski definition) is 1. The number of ether oxygens (including phenoxy) is 2. The number of aromatic nitrogens is 1. The molecule has 1 aromatic heterocycles. The van der Waals surface area contributed by atoms with Gasteiger partial charge in [-0.3, -0.25) is 0 Å². The summed E-state index contributed by atoms with van der Waals surface area (Å²) in [7, 11) is 0. The maximum atomic E-state index is 14.0. The molecule has 0 saturated heterocycles. The van der Waals surface area contributed by atoms with Crippen molar-refractivity contribution in [2.24, 2.45) is 0 Å². The van der Waals surface area contributed by atoms with Gasteiger partial charge in [-0.2, -0.15) is 0 Å². The van der Waals surface area contributed by atoms with Crippen molar-refractivity contribution in [3.05, 3.63) is 77.1 Å². The van der Waals surface area contributed by atoms with Crippen molar-refractivity contribution >= 4 is 28.7 Å². The number of benzene rings is 3. The van der Waals surface area contributed by atoms with E-state index in [1.165, 1.54) is 12.1 Å². The SMILES string of the molecule is O=C(O)COc1ccc(COc2cccc(-c3nc4cc(Cl)ccc4o3)c2)cc1F. The fourth-order valence-corrected chi connectivity index (χ4v) is 2.97. The molecule has 3 aromatic carbocycles. The first kappa shape index (κ1) is 19.7. The fraction of sp³-hybridized carbons (Fsp3) is 0.0909. The van der Waals surface area contributed by atoms with Crippen molar-refractivity contribution in [2.45, 2.75) is 6.61 Å². The number of carboxylic acid groups (broad SMARTS) is 1. The van der Waals surface area contributed by atoms with E-state index in [-0.39, 0.29) is 12.4 Å². The van der Waals surface area contributed by atoms with E-state index in [1.807, 2.05) is 6.07 Å². The molecule has 1 N–H and O–H groups in total. The lowest BCUT2D eigenvalue weighted by Gasteiger charge is -2.09. The average Bonchev–Trinajstić information content (AvgIpc) is 3.15. The summed E-state index contributed by atoms with van der Waals surface area (Å²) in [6.45, 7) is -0.496. The van der Waals surface area contributed by atoms with Gasteiger partial charge in [-0.05, 0) is 54.1 Å². The van der Waals surface area contributed by atoms with Crippen LogP contribution in [0.5, 0.6) is 11.5 Å². The molecule has 1 heterocycles. The van der Waals surface area contributed by atoms with Gasteiger partial charge in [-0.15, -0.1) is 0 Å². The molecule has 0 atom stereocenters. The van der Waals surface area contributed by atoms with Crippen LogP contribution in [-0.4, -0.2) is 22.7 Å². The molecule has 0 aliphatic rings. The van der Waals surface area contributed by atoms with E-state index in [4.69, 9.17) is 30.6 Å². The van der Waals surface area contributed by atoms with Crippen LogP contribution in [0, 0.1) is 5.82 Å². The van der Waals surface area contributed by atoms with E-state index >= 15 is 0 Å². The van der Waals surface area contributed by atoms with Gasteiger partial charge >= 0.3 is 5.97 Å². The topological polar surface area (TPSA) is 81.8 Å². The molecule has 0 saturated carbocycles. The highest BCUT2D eigenvalue weighted by Gasteiger charge is 2.11. The van der Waals surface area contributed by atoms with E-state index < -0.39 is 18.4 Å². The van der Waals surface area contributed by atoms with Gasteiger partial charge in [0, 0.05) is 10.6 Å². The van der Waals surface area contributed by atoms with Crippen LogP contribution >= 0.6 is 11.6 Å². The Morgan fingerprint density at radius 1 is 1.10 bits per heavy atom. The van der Waals surface area contributed by atoms with Crippen LogP contribution in [0.3, 0.4) is 0 Å². The van der Waals surface area contributed by atoms with Crippen molar-refractivity contribution in [3.63, 3.8) is 0 Å². The summed E-state index contributed by atoms with van der Waals surface area (Å²) in [4.78, 5) is 15.0. The van der Waals surface area contributed by atoms with E-state index in [1.54, 1.807) is 42.5 Å². The zero-order chi connectivity index (χ0) is 21.1. The first-order valence-corrected chi connectivity index (χ1v) is 9.28. The van der Waals surface area contributed by atoms with Crippen LogP contribution in [0.4, 0.5) is 4.39 Å². The normalized spacial score (nSPS) is 10.9. The van der Waals surface area contributed by atoms with Gasteiger partial charge in [0.15, 0.2) is 23.8 Å². The van der Waals surface area contributed by atoms with E-state index in [9.17, 15) is 9.18 Å². The van der Waals surface area contributed by atoms with Gasteiger partial charge in [0.25, 0.3) is 0 Å². The molecule has 0 amide bonds. The largest absolute Gasteiger partial charge is 0.489 e. The summed E-state index contributed by atoms with van der Waals surface area (Å²) in [5, 5.41) is 9.18. The Kier molecular flexibility index (Phi) is 5.54. The summed E-state index contributed by atoms with van der Waals surface area (Å²) in [5.74, 6) is -0.970. The second kappa shape index (κ2) is 8.42. The Hall–Kier alpha value is -3.58. The van der Waals surface area contributed by atoms with Gasteiger partial charge in [0.1, 0.15) is 17.9 Å². The van der Waals surface area contributed by atoms with Crippen molar-refractivity contribution in [2.75, 3.05) is 6.61 Å². The third-order valence-electron chi connectivity index (χ3n) is 4.18. The molecule has 4 rings (SSSR count). The molecule has 0 unspecified atom stereocenters. The Labute approximate surface area is 175 Å². The number of nitrogens with zero attached hydrogens (tertiary/aromatic N) is 1. The fourth-order valence-electron chi connectivity index (χ4n) is 2.80. The molecule has 0 radical (unpaired) electrons. The lowest BCUT2D eigenvalue weighted by atomic mass is 10.2. The van der Waals surface area contributed by atoms with Crippen LogP contribution in [0.1, 0.15) is 5.56 Å². The van der Waals surface area contributed by atoms with Crippen LogP contribution in [-0.2, 0) is 11.4 Å². The Morgan fingerprint density at radius 3 is 2.77 bits per heavy atom. The molecule has 0 spiro atoms. The molecular formula is C22H15ClFNO5. The average molecular weight is 428 g/mol. The van der Waals surface area contributed by atoms with Crippen LogP contribution in [0.25, 0.3) is 22.6 Å². The maximum absolute atomic E-state index is 14.0. The molecular weight excluding hydrogens is 413 g/mol. The monoisotopic (exact) mass is 427 g/mol. The second-order valence-corrected chi connectivity index (χ2v) is 6.83. The molecule has 0 fully saturated rings. The number of aliphatic carboxylic acids is 1. The summed E-state index contributed by atoms with van der Waals surface area (Å²) in [5.41, 5.74) is 2.58. The second-order valence-electron chi connectivity index (χ2n) is 6.39. The zero-order valence-corrected chi connectivity index (χ0v) is 16.2. The molecule has 8 heteroatoms. The maximum Gasteiger partial charge on any atom is 0.341 e. The summed E-state index contributed by atoms with van der Waals surface area (Å²) in [6, 6.07) is 16.6. The summed E-state index contributed by atoms with van der Waals surface area (Å²) < 4.78 is 30.4. The molecule has 30 heavy (non-hydrogen) atoms. The number of carbonyl (C=O) groups is 1. The summed E-state index contributed by atoms with van der Waals surface area (Å²) >= 11 is 5.99. The van der Waals surface area contributed by atoms with Gasteiger partial charge < -0.3 is 19.0 Å².